The predicted octanol–water partition coefficient (Wildman–Crippen LogP) is 4.39. The van der Waals surface area contributed by atoms with Crippen LogP contribution in [-0.2, 0) is 0 Å². The number of hydrogen-bond acceptors (Lipinski definition) is 8. The summed E-state index contributed by atoms with van der Waals surface area (Å²) < 4.78 is 5.30. The van der Waals surface area contributed by atoms with E-state index in [-0.39, 0.29) is 17.1 Å². The first-order valence-electron chi connectivity index (χ1n) is 11.0. The molecule has 2 unspecified atom stereocenters. The highest BCUT2D eigenvalue weighted by molar-refractivity contribution is 8.03. The van der Waals surface area contributed by atoms with Gasteiger partial charge in [0.05, 0.1) is 24.7 Å². The van der Waals surface area contributed by atoms with Crippen LogP contribution in [0.2, 0.25) is 5.02 Å². The third-order valence-corrected chi connectivity index (χ3v) is 7.57. The van der Waals surface area contributed by atoms with Gasteiger partial charge in [-0.3, -0.25) is 20.2 Å². The molecule has 1 aromatic heterocycles. The van der Waals surface area contributed by atoms with Gasteiger partial charge in [0.25, 0.3) is 5.91 Å². The second-order valence-corrected chi connectivity index (χ2v) is 9.61. The molecule has 0 fully saturated rings. The third kappa shape index (κ3) is 4.33. The van der Waals surface area contributed by atoms with Crippen molar-refractivity contribution in [2.24, 2.45) is 5.73 Å². The van der Waals surface area contributed by atoms with Crippen LogP contribution in [0.25, 0.3) is 0 Å². The number of carbonyl (C=O) groups excluding carboxylic acids is 1. The van der Waals surface area contributed by atoms with Gasteiger partial charge in [0.15, 0.2) is 0 Å². The van der Waals surface area contributed by atoms with Gasteiger partial charge in [-0.05, 0) is 47.5 Å². The van der Waals surface area contributed by atoms with E-state index in [0.29, 0.717) is 27.7 Å². The van der Waals surface area contributed by atoms with Crippen LogP contribution in [0.4, 0.5) is 0 Å². The zero-order valence-corrected chi connectivity index (χ0v) is 20.7. The first kappa shape index (κ1) is 23.6. The highest BCUT2D eigenvalue weighted by atomic mass is 35.5. The van der Waals surface area contributed by atoms with E-state index in [2.05, 4.69) is 21.8 Å². The van der Waals surface area contributed by atoms with Gasteiger partial charge >= 0.3 is 0 Å². The number of nitrogens with one attached hydrogen (secondary N) is 2. The largest absolute Gasteiger partial charge is 0.497 e. The van der Waals surface area contributed by atoms with E-state index in [1.54, 1.807) is 48.8 Å². The summed E-state index contributed by atoms with van der Waals surface area (Å²) in [6, 6.07) is 20.5. The Kier molecular flexibility index (Phi) is 6.46. The van der Waals surface area contributed by atoms with E-state index < -0.39 is 5.92 Å². The van der Waals surface area contributed by atoms with Gasteiger partial charge in [0, 0.05) is 27.9 Å². The number of nitrogens with zero attached hydrogens (tertiary/aromatic N) is 3. The van der Waals surface area contributed by atoms with Crippen LogP contribution < -0.4 is 21.2 Å². The standard InChI is InChI=1S/C26H21ClN6O2S/c1-35-19-8-4-15(5-9-19)21-20(14-28)23(29)31-24-22(21)36-26(17-2-6-18(27)7-3-17)33(24)32-25(34)16-10-12-30-13-11-16/h2-13,21,26,31H,29H2,1H3,(H,32,34). The van der Waals surface area contributed by atoms with E-state index >= 15 is 0 Å². The van der Waals surface area contributed by atoms with Crippen LogP contribution in [0.5, 0.6) is 5.75 Å². The number of aromatic nitrogens is 1. The Morgan fingerprint density at radius 1 is 1.14 bits per heavy atom. The van der Waals surface area contributed by atoms with Crippen molar-refractivity contribution in [2.75, 3.05) is 7.11 Å². The molecule has 4 N–H and O–H groups in total. The lowest BCUT2D eigenvalue weighted by Crippen LogP contribution is -2.46. The number of benzene rings is 2. The number of dihydropyridines is 1. The molecule has 0 saturated heterocycles. The van der Waals surface area contributed by atoms with E-state index in [4.69, 9.17) is 22.1 Å². The monoisotopic (exact) mass is 516 g/mol. The van der Waals surface area contributed by atoms with Crippen molar-refractivity contribution in [3.63, 3.8) is 0 Å². The smallest absolute Gasteiger partial charge is 0.269 e. The van der Waals surface area contributed by atoms with Crippen LogP contribution in [0.1, 0.15) is 32.8 Å². The first-order valence-corrected chi connectivity index (χ1v) is 12.2. The molecule has 0 aliphatic carbocycles. The normalized spacial score (nSPS) is 18.9. The minimum atomic E-state index is -0.417. The van der Waals surface area contributed by atoms with Gasteiger partial charge < -0.3 is 15.8 Å². The van der Waals surface area contributed by atoms with Crippen LogP contribution >= 0.6 is 23.4 Å². The molecular formula is C26H21ClN6O2S. The number of hydrazine groups is 1. The lowest BCUT2D eigenvalue weighted by atomic mass is 9.89. The fourth-order valence-electron chi connectivity index (χ4n) is 4.15. The van der Waals surface area contributed by atoms with Crippen LogP contribution in [0.15, 0.2) is 95.2 Å². The fraction of sp³-hybridized carbons (Fsp3) is 0.115. The molecule has 3 aromatic rings. The maximum absolute atomic E-state index is 13.2. The number of hydrogen-bond donors (Lipinski definition) is 3. The molecule has 5 rings (SSSR count). The Balaban J connectivity index is 1.59. The summed E-state index contributed by atoms with van der Waals surface area (Å²) in [7, 11) is 1.60. The number of carbonyl (C=O) groups is 1. The number of rotatable bonds is 5. The van der Waals surface area contributed by atoms with Crippen LogP contribution in [0.3, 0.4) is 0 Å². The molecule has 0 spiro atoms. The molecular weight excluding hydrogens is 496 g/mol. The maximum Gasteiger partial charge on any atom is 0.269 e. The zero-order valence-electron chi connectivity index (χ0n) is 19.1. The maximum atomic E-state index is 13.2. The molecule has 0 saturated carbocycles. The minimum absolute atomic E-state index is 0.234. The minimum Gasteiger partial charge on any atom is -0.497 e. The van der Waals surface area contributed by atoms with Gasteiger partial charge in [-0.15, -0.1) is 0 Å². The Bertz CT molecular complexity index is 1400. The van der Waals surface area contributed by atoms with E-state index in [0.717, 1.165) is 16.0 Å². The summed E-state index contributed by atoms with van der Waals surface area (Å²) in [5.74, 6) is 0.834. The second-order valence-electron chi connectivity index (χ2n) is 8.05. The number of methoxy groups -OCH3 is 1. The van der Waals surface area contributed by atoms with E-state index in [1.165, 1.54) is 11.8 Å². The molecule has 10 heteroatoms. The molecule has 36 heavy (non-hydrogen) atoms. The highest BCUT2D eigenvalue weighted by Gasteiger charge is 2.43. The van der Waals surface area contributed by atoms with Crippen molar-refractivity contribution in [1.82, 2.24) is 20.7 Å². The molecule has 0 bridgehead atoms. The Labute approximate surface area is 217 Å². The molecule has 2 atom stereocenters. The number of nitriles is 1. The zero-order chi connectivity index (χ0) is 25.2. The Morgan fingerprint density at radius 2 is 1.81 bits per heavy atom. The molecule has 1 amide bonds. The first-order chi connectivity index (χ1) is 17.5. The SMILES string of the molecule is COc1ccc(C2C(C#N)=C(N)NC3=C2SC(c2ccc(Cl)cc2)N3NC(=O)c2ccncc2)cc1. The van der Waals surface area contributed by atoms with Crippen LogP contribution in [0, 0.1) is 11.3 Å². The number of nitrogens with two attached hydrogens (primary N) is 1. The van der Waals surface area contributed by atoms with Gasteiger partial charge in [-0.25, -0.2) is 0 Å². The predicted molar refractivity (Wildman–Crippen MR) is 138 cm³/mol. The average Bonchev–Trinajstić information content (AvgIpc) is 3.26. The Hall–Kier alpha value is -4.13. The summed E-state index contributed by atoms with van der Waals surface area (Å²) in [5, 5.41) is 15.2. The quantitative estimate of drug-likeness (QED) is 0.457. The number of halogens is 1. The van der Waals surface area contributed by atoms with E-state index in [9.17, 15) is 10.1 Å². The number of ether oxygens (including phenoxy) is 1. The Morgan fingerprint density at radius 3 is 2.44 bits per heavy atom. The number of pyridine rings is 1. The molecule has 0 radical (unpaired) electrons. The summed E-state index contributed by atoms with van der Waals surface area (Å²) in [4.78, 5) is 18.0. The van der Waals surface area contributed by atoms with Crippen molar-refractivity contribution in [1.29, 1.82) is 5.26 Å². The summed E-state index contributed by atoms with van der Waals surface area (Å²) in [6.45, 7) is 0. The summed E-state index contributed by atoms with van der Waals surface area (Å²) in [6.07, 6.45) is 3.13. The second kappa shape index (κ2) is 9.85. The molecule has 2 aliphatic rings. The van der Waals surface area contributed by atoms with Crippen molar-refractivity contribution in [3.8, 4) is 11.8 Å². The number of amides is 1. The topological polar surface area (TPSA) is 116 Å². The number of allylic oxidation sites excluding steroid dienone is 2. The molecule has 8 nitrogen and oxygen atoms in total. The average molecular weight is 517 g/mol. The van der Waals surface area contributed by atoms with Gasteiger partial charge in [0.1, 0.15) is 22.8 Å². The summed E-state index contributed by atoms with van der Waals surface area (Å²) >= 11 is 7.67. The molecule has 3 heterocycles. The lowest BCUT2D eigenvalue weighted by molar-refractivity contribution is 0.0819. The van der Waals surface area contributed by atoms with Crippen molar-refractivity contribution >= 4 is 29.3 Å². The van der Waals surface area contributed by atoms with Crippen molar-refractivity contribution < 1.29 is 9.53 Å². The number of thioether (sulfide) groups is 1. The summed E-state index contributed by atoms with van der Waals surface area (Å²) in [5.41, 5.74) is 12.0. The van der Waals surface area contributed by atoms with Gasteiger partial charge in [-0.2, -0.15) is 5.26 Å². The molecule has 2 aromatic carbocycles. The van der Waals surface area contributed by atoms with Gasteiger partial charge in [0.2, 0.25) is 0 Å². The van der Waals surface area contributed by atoms with Gasteiger partial charge in [-0.1, -0.05) is 47.6 Å². The van der Waals surface area contributed by atoms with Crippen molar-refractivity contribution in [3.05, 3.63) is 117 Å². The third-order valence-electron chi connectivity index (χ3n) is 5.93. The highest BCUT2D eigenvalue weighted by Crippen LogP contribution is 2.54. The van der Waals surface area contributed by atoms with Crippen molar-refractivity contribution in [2.45, 2.75) is 11.3 Å². The molecule has 2 aliphatic heterocycles. The van der Waals surface area contributed by atoms with Crippen LogP contribution in [-0.4, -0.2) is 23.0 Å². The fourth-order valence-corrected chi connectivity index (χ4v) is 5.72. The molecule has 180 valence electrons. The lowest BCUT2D eigenvalue weighted by Gasteiger charge is -2.31. The van der Waals surface area contributed by atoms with E-state index in [1.807, 2.05) is 36.4 Å².